The van der Waals surface area contributed by atoms with Crippen molar-refractivity contribution in [1.29, 1.82) is 0 Å². The Balaban J connectivity index is 1.89. The number of benzene rings is 1. The van der Waals surface area contributed by atoms with Crippen molar-refractivity contribution >= 4 is 5.69 Å². The molecule has 2 aliphatic rings. The molecular weight excluding hydrogens is 286 g/mol. The van der Waals surface area contributed by atoms with Crippen molar-refractivity contribution in [1.82, 2.24) is 0 Å². The van der Waals surface area contributed by atoms with Crippen LogP contribution >= 0.6 is 0 Å². The second-order valence-corrected chi connectivity index (χ2v) is 5.83. The maximum atomic E-state index is 11.1. The van der Waals surface area contributed by atoms with E-state index in [1.54, 1.807) is 18.2 Å². The van der Waals surface area contributed by atoms with Crippen LogP contribution in [0.5, 0.6) is 0 Å². The summed E-state index contributed by atoms with van der Waals surface area (Å²) in [7, 11) is 0. The van der Waals surface area contributed by atoms with Crippen molar-refractivity contribution in [2.24, 2.45) is 0 Å². The second-order valence-electron chi connectivity index (χ2n) is 5.83. The summed E-state index contributed by atoms with van der Waals surface area (Å²) in [4.78, 5) is 13.7. The van der Waals surface area contributed by atoms with E-state index in [0.29, 0.717) is 0 Å². The zero-order chi connectivity index (χ0) is 15.4. The SMILES string of the molecule is O=[N+]([O-])c1cccc(C([NH+]2CCOCC2)[NH+]2CCOCC2)c1. The van der Waals surface area contributed by atoms with Crippen molar-refractivity contribution < 1.29 is 24.2 Å². The van der Waals surface area contributed by atoms with Gasteiger partial charge in [-0.1, -0.05) is 6.07 Å². The van der Waals surface area contributed by atoms with Crippen LogP contribution in [-0.4, -0.2) is 57.5 Å². The molecule has 120 valence electrons. The molecule has 2 N–H and O–H groups in total. The molecule has 2 aliphatic heterocycles. The molecule has 7 heteroatoms. The average Bonchev–Trinajstić information content (AvgIpc) is 2.57. The fraction of sp³-hybridized carbons (Fsp3) is 0.600. The van der Waals surface area contributed by atoms with Crippen LogP contribution in [0.1, 0.15) is 11.7 Å². The van der Waals surface area contributed by atoms with Gasteiger partial charge < -0.3 is 9.47 Å². The summed E-state index contributed by atoms with van der Waals surface area (Å²) in [6.45, 7) is 6.79. The maximum Gasteiger partial charge on any atom is 0.270 e. The van der Waals surface area contributed by atoms with Gasteiger partial charge in [0.1, 0.15) is 26.2 Å². The summed E-state index contributed by atoms with van der Waals surface area (Å²) in [5.74, 6) is 0. The van der Waals surface area contributed by atoms with Gasteiger partial charge in [-0.25, -0.2) is 0 Å². The van der Waals surface area contributed by atoms with Gasteiger partial charge in [0.15, 0.2) is 0 Å². The first-order valence-corrected chi connectivity index (χ1v) is 7.85. The first-order chi connectivity index (χ1) is 10.8. The lowest BCUT2D eigenvalue weighted by Gasteiger charge is -2.37. The molecule has 1 aromatic rings. The highest BCUT2D eigenvalue weighted by atomic mass is 16.6. The maximum absolute atomic E-state index is 11.1. The van der Waals surface area contributed by atoms with Crippen LogP contribution < -0.4 is 9.80 Å². The highest BCUT2D eigenvalue weighted by Crippen LogP contribution is 2.15. The van der Waals surface area contributed by atoms with Gasteiger partial charge in [-0.3, -0.25) is 19.9 Å². The standard InChI is InChI=1S/C15H21N3O4/c19-18(20)14-3-1-2-13(12-14)15(16-4-8-21-9-5-16)17-6-10-22-11-7-17/h1-3,12,15H,4-11H2/p+2. The lowest BCUT2D eigenvalue weighted by atomic mass is 10.1. The predicted octanol–water partition coefficient (Wildman–Crippen LogP) is -1.58. The molecule has 3 rings (SSSR count). The lowest BCUT2D eigenvalue weighted by molar-refractivity contribution is -1.14. The highest BCUT2D eigenvalue weighted by molar-refractivity contribution is 5.34. The molecule has 0 spiro atoms. The van der Waals surface area contributed by atoms with Crippen molar-refractivity contribution in [2.45, 2.75) is 6.17 Å². The molecule has 2 fully saturated rings. The molecule has 2 heterocycles. The van der Waals surface area contributed by atoms with Crippen LogP contribution in [0, 0.1) is 10.1 Å². The van der Waals surface area contributed by atoms with E-state index >= 15 is 0 Å². The minimum absolute atomic E-state index is 0.169. The summed E-state index contributed by atoms with van der Waals surface area (Å²) < 4.78 is 10.9. The van der Waals surface area contributed by atoms with E-state index < -0.39 is 0 Å². The Bertz CT molecular complexity index is 495. The molecule has 0 aromatic heterocycles. The molecule has 0 aliphatic carbocycles. The number of nitro benzene ring substituents is 1. The van der Waals surface area contributed by atoms with Crippen molar-refractivity contribution in [3.8, 4) is 0 Å². The summed E-state index contributed by atoms with van der Waals surface area (Å²) >= 11 is 0. The third kappa shape index (κ3) is 3.44. The quantitative estimate of drug-likeness (QED) is 0.520. The zero-order valence-electron chi connectivity index (χ0n) is 12.6. The number of nitrogens with zero attached hydrogens (tertiary/aromatic N) is 1. The van der Waals surface area contributed by atoms with Crippen LogP contribution in [0.4, 0.5) is 5.69 Å². The van der Waals surface area contributed by atoms with E-state index in [0.717, 1.165) is 58.2 Å². The van der Waals surface area contributed by atoms with Gasteiger partial charge in [0.05, 0.1) is 36.9 Å². The van der Waals surface area contributed by atoms with Crippen LogP contribution in [-0.2, 0) is 9.47 Å². The third-order valence-electron chi connectivity index (χ3n) is 4.50. The molecular formula is C15H23N3O4+2. The van der Waals surface area contributed by atoms with Crippen molar-refractivity contribution in [3.63, 3.8) is 0 Å². The Morgan fingerprint density at radius 1 is 1.00 bits per heavy atom. The molecule has 1 aromatic carbocycles. The van der Waals surface area contributed by atoms with E-state index in [2.05, 4.69) is 0 Å². The van der Waals surface area contributed by atoms with E-state index in [1.165, 1.54) is 9.80 Å². The Morgan fingerprint density at radius 2 is 1.55 bits per heavy atom. The summed E-state index contributed by atoms with van der Waals surface area (Å²) in [6.07, 6.45) is 0.215. The van der Waals surface area contributed by atoms with Gasteiger partial charge >= 0.3 is 0 Å². The van der Waals surface area contributed by atoms with Crippen LogP contribution in [0.2, 0.25) is 0 Å². The van der Waals surface area contributed by atoms with E-state index in [1.807, 2.05) is 6.07 Å². The Labute approximate surface area is 129 Å². The first-order valence-electron chi connectivity index (χ1n) is 7.85. The molecule has 0 unspecified atom stereocenters. The number of non-ortho nitro benzene ring substituents is 1. The normalized spacial score (nSPS) is 21.1. The Kier molecular flexibility index (Phi) is 4.99. The molecule has 0 bridgehead atoms. The molecule has 0 amide bonds. The lowest BCUT2D eigenvalue weighted by Crippen LogP contribution is -3.32. The number of hydrogen-bond donors (Lipinski definition) is 2. The second kappa shape index (κ2) is 7.15. The van der Waals surface area contributed by atoms with Crippen molar-refractivity contribution in [3.05, 3.63) is 39.9 Å². The minimum atomic E-state index is -0.316. The summed E-state index contributed by atoms with van der Waals surface area (Å²) in [5.41, 5.74) is 1.21. The van der Waals surface area contributed by atoms with Gasteiger partial charge in [0.2, 0.25) is 6.17 Å². The molecule has 0 radical (unpaired) electrons. The minimum Gasteiger partial charge on any atom is -0.370 e. The average molecular weight is 309 g/mol. The molecule has 2 saturated heterocycles. The molecule has 0 atom stereocenters. The van der Waals surface area contributed by atoms with Gasteiger partial charge in [-0.15, -0.1) is 0 Å². The number of nitro groups is 1. The van der Waals surface area contributed by atoms with Crippen LogP contribution in [0.25, 0.3) is 0 Å². The molecule has 22 heavy (non-hydrogen) atoms. The predicted molar refractivity (Wildman–Crippen MR) is 78.9 cm³/mol. The zero-order valence-corrected chi connectivity index (χ0v) is 12.6. The molecule has 0 saturated carbocycles. The summed E-state index contributed by atoms with van der Waals surface area (Å²) in [5, 5.41) is 11.1. The number of ether oxygens (including phenoxy) is 2. The van der Waals surface area contributed by atoms with E-state index in [4.69, 9.17) is 9.47 Å². The number of nitrogens with one attached hydrogen (secondary N) is 2. The van der Waals surface area contributed by atoms with Crippen LogP contribution in [0.15, 0.2) is 24.3 Å². The smallest absolute Gasteiger partial charge is 0.270 e. The summed E-state index contributed by atoms with van der Waals surface area (Å²) in [6, 6.07) is 7.10. The topological polar surface area (TPSA) is 70.5 Å². The van der Waals surface area contributed by atoms with Gasteiger partial charge in [0, 0.05) is 12.1 Å². The van der Waals surface area contributed by atoms with Crippen molar-refractivity contribution in [2.75, 3.05) is 52.6 Å². The van der Waals surface area contributed by atoms with Crippen LogP contribution in [0.3, 0.4) is 0 Å². The fourth-order valence-electron chi connectivity index (χ4n) is 3.42. The number of morpholine rings is 2. The number of rotatable bonds is 4. The Hall–Kier alpha value is -1.54. The first kappa shape index (κ1) is 15.4. The largest absolute Gasteiger partial charge is 0.370 e. The number of hydrogen-bond acceptors (Lipinski definition) is 4. The van der Waals surface area contributed by atoms with Gasteiger partial charge in [0.25, 0.3) is 5.69 Å². The fourth-order valence-corrected chi connectivity index (χ4v) is 3.42. The third-order valence-corrected chi connectivity index (χ3v) is 4.50. The van der Waals surface area contributed by atoms with E-state index in [9.17, 15) is 10.1 Å². The van der Waals surface area contributed by atoms with E-state index in [-0.39, 0.29) is 16.8 Å². The Morgan fingerprint density at radius 3 is 2.05 bits per heavy atom. The monoisotopic (exact) mass is 309 g/mol. The number of quaternary nitrogens is 2. The molecule has 7 nitrogen and oxygen atoms in total. The highest BCUT2D eigenvalue weighted by Gasteiger charge is 2.36. The van der Waals surface area contributed by atoms with Gasteiger partial charge in [-0.05, 0) is 6.07 Å². The van der Waals surface area contributed by atoms with Gasteiger partial charge in [-0.2, -0.15) is 0 Å².